The van der Waals surface area contributed by atoms with Crippen LogP contribution in [0.1, 0.15) is 30.5 Å². The van der Waals surface area contributed by atoms with Gasteiger partial charge in [-0.05, 0) is 48.1 Å². The Balaban J connectivity index is 2.02. The topological polar surface area (TPSA) is 70.6 Å². The molecule has 0 heterocycles. The molecule has 0 fully saturated rings. The lowest BCUT2D eigenvalue weighted by atomic mass is 10.0. The molecule has 0 bridgehead atoms. The number of nitrogens with zero attached hydrogens (tertiary/aromatic N) is 1. The van der Waals surface area contributed by atoms with Gasteiger partial charge in [0.2, 0.25) is 0 Å². The number of phenols is 1. The molecule has 2 aromatic carbocycles. The summed E-state index contributed by atoms with van der Waals surface area (Å²) in [6.45, 7) is 4.85. The number of aromatic hydroxyl groups is 1. The minimum Gasteiger partial charge on any atom is -0.508 e. The molecule has 4 N–H and O–H groups in total. The van der Waals surface area contributed by atoms with Gasteiger partial charge in [-0.25, -0.2) is 0 Å². The number of hydrogen-bond acceptors (Lipinski definition) is 2. The lowest BCUT2D eigenvalue weighted by Gasteiger charge is -2.14. The second-order valence-electron chi connectivity index (χ2n) is 5.47. The van der Waals surface area contributed by atoms with Crippen molar-refractivity contribution < 1.29 is 5.11 Å². The largest absolute Gasteiger partial charge is 0.508 e. The van der Waals surface area contributed by atoms with Crippen LogP contribution in [0.4, 0.5) is 5.69 Å². The maximum absolute atomic E-state index is 9.46. The zero-order chi connectivity index (χ0) is 16.7. The van der Waals surface area contributed by atoms with E-state index in [2.05, 4.69) is 42.4 Å². The van der Waals surface area contributed by atoms with Crippen LogP contribution in [0.2, 0.25) is 0 Å². The summed E-state index contributed by atoms with van der Waals surface area (Å²) < 4.78 is 0. The van der Waals surface area contributed by atoms with Crippen molar-refractivity contribution >= 4 is 11.6 Å². The SMILES string of the molecule is CCc1cccc(CC)c1NC(N)=NCCc1cccc(O)c1. The van der Waals surface area contributed by atoms with E-state index in [9.17, 15) is 5.11 Å². The van der Waals surface area contributed by atoms with Gasteiger partial charge < -0.3 is 16.2 Å². The Morgan fingerprint density at radius 2 is 1.74 bits per heavy atom. The predicted molar refractivity (Wildman–Crippen MR) is 97.1 cm³/mol. The Labute approximate surface area is 138 Å². The number of hydrogen-bond donors (Lipinski definition) is 3. The first-order valence-electron chi connectivity index (χ1n) is 8.09. The summed E-state index contributed by atoms with van der Waals surface area (Å²) in [4.78, 5) is 4.40. The lowest BCUT2D eigenvalue weighted by molar-refractivity contribution is 0.474. The van der Waals surface area contributed by atoms with E-state index in [1.165, 1.54) is 11.1 Å². The number of rotatable bonds is 6. The van der Waals surface area contributed by atoms with E-state index in [0.717, 1.165) is 30.5 Å². The van der Waals surface area contributed by atoms with E-state index < -0.39 is 0 Å². The number of nitrogens with one attached hydrogen (secondary N) is 1. The first-order valence-corrected chi connectivity index (χ1v) is 8.09. The first kappa shape index (κ1) is 16.9. The van der Waals surface area contributed by atoms with Gasteiger partial charge in [0.15, 0.2) is 5.96 Å². The van der Waals surface area contributed by atoms with Crippen molar-refractivity contribution in [3.05, 3.63) is 59.2 Å². The number of anilines is 1. The van der Waals surface area contributed by atoms with E-state index in [1.54, 1.807) is 12.1 Å². The monoisotopic (exact) mass is 311 g/mol. The van der Waals surface area contributed by atoms with Gasteiger partial charge in [-0.1, -0.05) is 44.2 Å². The first-order chi connectivity index (χ1) is 11.1. The van der Waals surface area contributed by atoms with Crippen LogP contribution in [-0.2, 0) is 19.3 Å². The van der Waals surface area contributed by atoms with Crippen LogP contribution in [0.3, 0.4) is 0 Å². The minimum atomic E-state index is 0.280. The quantitative estimate of drug-likeness (QED) is 0.565. The van der Waals surface area contributed by atoms with E-state index in [-0.39, 0.29) is 5.75 Å². The number of phenolic OH excluding ortho intramolecular Hbond substituents is 1. The average molecular weight is 311 g/mol. The maximum atomic E-state index is 9.46. The van der Waals surface area contributed by atoms with E-state index in [0.29, 0.717) is 12.5 Å². The second-order valence-corrected chi connectivity index (χ2v) is 5.47. The molecule has 4 nitrogen and oxygen atoms in total. The van der Waals surface area contributed by atoms with Crippen LogP contribution in [0.15, 0.2) is 47.5 Å². The molecule has 23 heavy (non-hydrogen) atoms. The molecule has 0 atom stereocenters. The normalized spacial score (nSPS) is 11.5. The van der Waals surface area contributed by atoms with Crippen LogP contribution in [0.25, 0.3) is 0 Å². The Kier molecular flexibility index (Phi) is 6.03. The molecule has 0 aromatic heterocycles. The number of nitrogens with two attached hydrogens (primary N) is 1. The van der Waals surface area contributed by atoms with Gasteiger partial charge in [-0.15, -0.1) is 0 Å². The van der Waals surface area contributed by atoms with Crippen molar-refractivity contribution in [3.63, 3.8) is 0 Å². The van der Waals surface area contributed by atoms with E-state index >= 15 is 0 Å². The highest BCUT2D eigenvalue weighted by atomic mass is 16.3. The highest BCUT2D eigenvalue weighted by Gasteiger charge is 2.06. The van der Waals surface area contributed by atoms with E-state index in [1.807, 2.05) is 12.1 Å². The highest BCUT2D eigenvalue weighted by Crippen LogP contribution is 2.22. The van der Waals surface area contributed by atoms with Crippen molar-refractivity contribution in [3.8, 4) is 5.75 Å². The standard InChI is InChI=1S/C19H25N3O/c1-3-15-8-6-9-16(4-2)18(15)22-19(20)21-12-11-14-7-5-10-17(23)13-14/h5-10,13,23H,3-4,11-12H2,1-2H3,(H3,20,21,22). The number of aryl methyl sites for hydroxylation is 2. The van der Waals surface area contributed by atoms with Crippen LogP contribution in [-0.4, -0.2) is 17.6 Å². The van der Waals surface area contributed by atoms with Gasteiger partial charge in [0.05, 0.1) is 0 Å². The summed E-state index contributed by atoms with van der Waals surface area (Å²) in [5, 5.41) is 12.7. The third kappa shape index (κ3) is 4.74. The van der Waals surface area contributed by atoms with Gasteiger partial charge in [0.1, 0.15) is 5.75 Å². The van der Waals surface area contributed by atoms with Crippen LogP contribution >= 0.6 is 0 Å². The maximum Gasteiger partial charge on any atom is 0.193 e. The molecule has 0 saturated heterocycles. The molecule has 0 aliphatic carbocycles. The Morgan fingerprint density at radius 1 is 1.09 bits per heavy atom. The summed E-state index contributed by atoms with van der Waals surface area (Å²) in [7, 11) is 0. The second kappa shape index (κ2) is 8.22. The van der Waals surface area contributed by atoms with Crippen LogP contribution in [0.5, 0.6) is 5.75 Å². The molecule has 2 rings (SSSR count). The molecule has 2 aromatic rings. The van der Waals surface area contributed by atoms with Crippen molar-refractivity contribution in [2.75, 3.05) is 11.9 Å². The summed E-state index contributed by atoms with van der Waals surface area (Å²) in [6.07, 6.45) is 2.65. The molecule has 0 amide bonds. The molecule has 0 radical (unpaired) electrons. The molecule has 4 heteroatoms. The van der Waals surface area contributed by atoms with E-state index in [4.69, 9.17) is 5.73 Å². The number of benzene rings is 2. The fraction of sp³-hybridized carbons (Fsp3) is 0.316. The molecule has 0 spiro atoms. The lowest BCUT2D eigenvalue weighted by Crippen LogP contribution is -2.24. The molecule has 122 valence electrons. The van der Waals surface area contributed by atoms with Crippen molar-refractivity contribution in [1.29, 1.82) is 0 Å². The Morgan fingerprint density at radius 3 is 2.35 bits per heavy atom. The minimum absolute atomic E-state index is 0.280. The van der Waals surface area contributed by atoms with Gasteiger partial charge >= 0.3 is 0 Å². The summed E-state index contributed by atoms with van der Waals surface area (Å²) in [5.74, 6) is 0.711. The summed E-state index contributed by atoms with van der Waals surface area (Å²) >= 11 is 0. The van der Waals surface area contributed by atoms with Crippen LogP contribution < -0.4 is 11.1 Å². The molecule has 0 aliphatic rings. The summed E-state index contributed by atoms with van der Waals surface area (Å²) in [6, 6.07) is 13.5. The fourth-order valence-electron chi connectivity index (χ4n) is 2.59. The Bertz CT molecular complexity index is 658. The van der Waals surface area contributed by atoms with Gasteiger partial charge in [0.25, 0.3) is 0 Å². The van der Waals surface area contributed by atoms with Gasteiger partial charge in [-0.3, -0.25) is 4.99 Å². The molecule has 0 unspecified atom stereocenters. The van der Waals surface area contributed by atoms with Crippen molar-refractivity contribution in [2.24, 2.45) is 10.7 Å². The van der Waals surface area contributed by atoms with Crippen molar-refractivity contribution in [1.82, 2.24) is 0 Å². The van der Waals surface area contributed by atoms with Crippen LogP contribution in [0, 0.1) is 0 Å². The van der Waals surface area contributed by atoms with Gasteiger partial charge in [-0.2, -0.15) is 0 Å². The fourth-order valence-corrected chi connectivity index (χ4v) is 2.59. The predicted octanol–water partition coefficient (Wildman–Crippen LogP) is 3.49. The summed E-state index contributed by atoms with van der Waals surface area (Å²) in [5.41, 5.74) is 10.7. The molecular formula is C19H25N3O. The third-order valence-corrected chi connectivity index (χ3v) is 3.85. The number of guanidine groups is 1. The smallest absolute Gasteiger partial charge is 0.193 e. The average Bonchev–Trinajstić information content (AvgIpc) is 2.55. The molecule has 0 aliphatic heterocycles. The number of para-hydroxylation sites is 1. The molecular weight excluding hydrogens is 286 g/mol. The zero-order valence-corrected chi connectivity index (χ0v) is 13.8. The third-order valence-electron chi connectivity index (χ3n) is 3.85. The highest BCUT2D eigenvalue weighted by molar-refractivity contribution is 5.93. The van der Waals surface area contributed by atoms with Crippen molar-refractivity contribution in [2.45, 2.75) is 33.1 Å². The Hall–Kier alpha value is -2.49. The number of aliphatic imine (C=N–C) groups is 1. The molecule has 0 saturated carbocycles. The van der Waals surface area contributed by atoms with Gasteiger partial charge in [0, 0.05) is 12.2 Å². The zero-order valence-electron chi connectivity index (χ0n) is 13.8.